The summed E-state index contributed by atoms with van der Waals surface area (Å²) < 4.78 is 0. The lowest BCUT2D eigenvalue weighted by atomic mass is 9.68. The molecule has 5 unspecified atom stereocenters. The molecule has 0 aromatic heterocycles. The van der Waals surface area contributed by atoms with Crippen LogP contribution in [0.1, 0.15) is 65.7 Å². The van der Waals surface area contributed by atoms with Crippen LogP contribution < -0.4 is 5.32 Å². The van der Waals surface area contributed by atoms with Crippen molar-refractivity contribution in [3.05, 3.63) is 0 Å². The number of hydrogen-bond donors (Lipinski definition) is 1. The lowest BCUT2D eigenvalue weighted by Gasteiger charge is -2.38. The summed E-state index contributed by atoms with van der Waals surface area (Å²) in [6.45, 7) is 8.30. The molecule has 1 heteroatoms. The van der Waals surface area contributed by atoms with Crippen LogP contribution in [0.2, 0.25) is 0 Å². The van der Waals surface area contributed by atoms with E-state index in [0.717, 1.165) is 36.3 Å². The molecule has 0 aliphatic heterocycles. The van der Waals surface area contributed by atoms with Gasteiger partial charge in [0.25, 0.3) is 0 Å². The Labute approximate surface area is 108 Å². The van der Waals surface area contributed by atoms with Crippen molar-refractivity contribution in [2.45, 2.75) is 71.8 Å². The van der Waals surface area contributed by atoms with Crippen molar-refractivity contribution in [3.8, 4) is 0 Å². The fourth-order valence-corrected chi connectivity index (χ4v) is 4.66. The van der Waals surface area contributed by atoms with Gasteiger partial charge in [0.15, 0.2) is 0 Å². The molecule has 2 rings (SSSR count). The van der Waals surface area contributed by atoms with E-state index in [4.69, 9.17) is 0 Å². The van der Waals surface area contributed by atoms with Gasteiger partial charge in [0, 0.05) is 6.04 Å². The summed E-state index contributed by atoms with van der Waals surface area (Å²) in [7, 11) is 0. The lowest BCUT2D eigenvalue weighted by Crippen LogP contribution is -2.36. The summed E-state index contributed by atoms with van der Waals surface area (Å²) in [6, 6.07) is 0.810. The zero-order valence-electron chi connectivity index (χ0n) is 12.0. The first-order valence-corrected chi connectivity index (χ1v) is 8.01. The molecule has 2 aliphatic rings. The van der Waals surface area contributed by atoms with E-state index in [1.807, 2.05) is 0 Å². The fourth-order valence-electron chi connectivity index (χ4n) is 4.66. The zero-order chi connectivity index (χ0) is 12.3. The molecule has 0 aromatic rings. The molecule has 2 fully saturated rings. The van der Waals surface area contributed by atoms with Gasteiger partial charge in [-0.1, -0.05) is 46.5 Å². The predicted octanol–water partition coefficient (Wildman–Crippen LogP) is 4.23. The summed E-state index contributed by atoms with van der Waals surface area (Å²) in [4.78, 5) is 0. The van der Waals surface area contributed by atoms with Gasteiger partial charge in [0.2, 0.25) is 0 Å². The van der Waals surface area contributed by atoms with E-state index in [9.17, 15) is 0 Å². The minimum atomic E-state index is 0.810. The van der Waals surface area contributed by atoms with Crippen LogP contribution in [0.4, 0.5) is 0 Å². The average molecular weight is 237 g/mol. The maximum absolute atomic E-state index is 3.70. The third-order valence-corrected chi connectivity index (χ3v) is 5.63. The Kier molecular flexibility index (Phi) is 4.90. The molecule has 0 spiro atoms. The third kappa shape index (κ3) is 2.86. The van der Waals surface area contributed by atoms with E-state index in [2.05, 4.69) is 26.1 Å². The lowest BCUT2D eigenvalue weighted by molar-refractivity contribution is 0.127. The Morgan fingerprint density at radius 2 is 1.71 bits per heavy atom. The second-order valence-electron chi connectivity index (χ2n) is 6.38. The minimum Gasteiger partial charge on any atom is -0.314 e. The third-order valence-electron chi connectivity index (χ3n) is 5.63. The van der Waals surface area contributed by atoms with Crippen LogP contribution in [-0.2, 0) is 0 Å². The van der Waals surface area contributed by atoms with Gasteiger partial charge in [-0.15, -0.1) is 0 Å². The molecular formula is C16H31N. The summed E-state index contributed by atoms with van der Waals surface area (Å²) in [5.41, 5.74) is 0. The van der Waals surface area contributed by atoms with Crippen LogP contribution in [-0.4, -0.2) is 12.6 Å². The molecule has 0 saturated heterocycles. The first kappa shape index (κ1) is 13.4. The SMILES string of the molecule is CCNC1CCC(C2CCCCC2CC)C1C. The van der Waals surface area contributed by atoms with Crippen molar-refractivity contribution in [1.82, 2.24) is 5.32 Å². The average Bonchev–Trinajstić information content (AvgIpc) is 2.72. The topological polar surface area (TPSA) is 12.0 Å². The van der Waals surface area contributed by atoms with Crippen LogP contribution in [0.3, 0.4) is 0 Å². The number of hydrogen-bond acceptors (Lipinski definition) is 1. The second kappa shape index (κ2) is 6.22. The van der Waals surface area contributed by atoms with Crippen molar-refractivity contribution in [2.24, 2.45) is 23.7 Å². The molecule has 0 amide bonds. The number of nitrogens with one attached hydrogen (secondary N) is 1. The smallest absolute Gasteiger partial charge is 0.00954 e. The molecule has 0 heterocycles. The monoisotopic (exact) mass is 237 g/mol. The van der Waals surface area contributed by atoms with E-state index in [1.165, 1.54) is 44.9 Å². The van der Waals surface area contributed by atoms with Crippen LogP contribution in [0.25, 0.3) is 0 Å². The quantitative estimate of drug-likeness (QED) is 0.771. The van der Waals surface area contributed by atoms with Crippen LogP contribution in [0.5, 0.6) is 0 Å². The summed E-state index contributed by atoms with van der Waals surface area (Å²) >= 11 is 0. The van der Waals surface area contributed by atoms with Crippen LogP contribution in [0, 0.1) is 23.7 Å². The molecule has 17 heavy (non-hydrogen) atoms. The van der Waals surface area contributed by atoms with Crippen molar-refractivity contribution in [1.29, 1.82) is 0 Å². The van der Waals surface area contributed by atoms with Gasteiger partial charge in [-0.05, 0) is 49.5 Å². The summed E-state index contributed by atoms with van der Waals surface area (Å²) in [5, 5.41) is 3.70. The summed E-state index contributed by atoms with van der Waals surface area (Å²) in [5.74, 6) is 4.01. The largest absolute Gasteiger partial charge is 0.314 e. The highest BCUT2D eigenvalue weighted by molar-refractivity contribution is 4.92. The van der Waals surface area contributed by atoms with Crippen molar-refractivity contribution < 1.29 is 0 Å². The van der Waals surface area contributed by atoms with E-state index in [0.29, 0.717) is 0 Å². The van der Waals surface area contributed by atoms with E-state index in [-0.39, 0.29) is 0 Å². The van der Waals surface area contributed by atoms with Crippen molar-refractivity contribution in [2.75, 3.05) is 6.54 Å². The minimum absolute atomic E-state index is 0.810. The van der Waals surface area contributed by atoms with E-state index < -0.39 is 0 Å². The van der Waals surface area contributed by atoms with Gasteiger partial charge < -0.3 is 5.32 Å². The molecule has 2 saturated carbocycles. The summed E-state index contributed by atoms with van der Waals surface area (Å²) in [6.07, 6.45) is 10.3. The molecule has 0 radical (unpaired) electrons. The van der Waals surface area contributed by atoms with Crippen LogP contribution >= 0.6 is 0 Å². The first-order chi connectivity index (χ1) is 8.27. The highest BCUT2D eigenvalue weighted by Gasteiger charge is 2.40. The van der Waals surface area contributed by atoms with Gasteiger partial charge in [-0.2, -0.15) is 0 Å². The fraction of sp³-hybridized carbons (Fsp3) is 1.00. The molecule has 0 aromatic carbocycles. The van der Waals surface area contributed by atoms with Gasteiger partial charge in [0.05, 0.1) is 0 Å². The normalized spacial score (nSPS) is 42.9. The Morgan fingerprint density at radius 1 is 0.941 bits per heavy atom. The Bertz CT molecular complexity index is 226. The molecule has 1 N–H and O–H groups in total. The standard InChI is InChI=1S/C16H31N/c1-4-13-8-6-7-9-15(13)14-10-11-16(12(14)3)17-5-2/h12-17H,4-11H2,1-3H3. The second-order valence-corrected chi connectivity index (χ2v) is 6.38. The van der Waals surface area contributed by atoms with Crippen molar-refractivity contribution in [3.63, 3.8) is 0 Å². The maximum atomic E-state index is 3.70. The van der Waals surface area contributed by atoms with Crippen molar-refractivity contribution >= 4 is 0 Å². The van der Waals surface area contributed by atoms with Gasteiger partial charge in [0.1, 0.15) is 0 Å². The van der Waals surface area contributed by atoms with Gasteiger partial charge in [-0.3, -0.25) is 0 Å². The highest BCUT2D eigenvalue weighted by atomic mass is 14.9. The van der Waals surface area contributed by atoms with E-state index in [1.54, 1.807) is 0 Å². The molecule has 2 aliphatic carbocycles. The van der Waals surface area contributed by atoms with Crippen LogP contribution in [0.15, 0.2) is 0 Å². The Balaban J connectivity index is 1.96. The molecule has 5 atom stereocenters. The van der Waals surface area contributed by atoms with Gasteiger partial charge >= 0.3 is 0 Å². The molecular weight excluding hydrogens is 206 g/mol. The van der Waals surface area contributed by atoms with Gasteiger partial charge in [-0.25, -0.2) is 0 Å². The highest BCUT2D eigenvalue weighted by Crippen LogP contribution is 2.46. The Morgan fingerprint density at radius 3 is 2.41 bits per heavy atom. The Hall–Kier alpha value is -0.0400. The number of rotatable bonds is 4. The molecule has 100 valence electrons. The molecule has 1 nitrogen and oxygen atoms in total. The molecule has 0 bridgehead atoms. The van der Waals surface area contributed by atoms with E-state index >= 15 is 0 Å². The predicted molar refractivity (Wildman–Crippen MR) is 75.1 cm³/mol. The first-order valence-electron chi connectivity index (χ1n) is 8.01. The maximum Gasteiger partial charge on any atom is 0.00954 e. The zero-order valence-corrected chi connectivity index (χ0v) is 12.0.